The summed E-state index contributed by atoms with van der Waals surface area (Å²) < 4.78 is 0. The van der Waals surface area contributed by atoms with Crippen LogP contribution in [0, 0.1) is 11.8 Å². The second-order valence-corrected chi connectivity index (χ2v) is 8.04. The number of ketones is 1. The molecular formula is C17H19N3OS2. The van der Waals surface area contributed by atoms with Gasteiger partial charge in [-0.2, -0.15) is 0 Å². The minimum atomic E-state index is 0.0747. The molecule has 2 saturated heterocycles. The maximum Gasteiger partial charge on any atom is 0.204 e. The predicted octanol–water partition coefficient (Wildman–Crippen LogP) is 2.75. The van der Waals surface area contributed by atoms with Gasteiger partial charge in [0.2, 0.25) is 5.78 Å². The predicted molar refractivity (Wildman–Crippen MR) is 95.8 cm³/mol. The van der Waals surface area contributed by atoms with Crippen molar-refractivity contribution in [1.29, 1.82) is 0 Å². The van der Waals surface area contributed by atoms with Crippen LogP contribution in [0.1, 0.15) is 15.2 Å². The number of aromatic nitrogens is 1. The lowest BCUT2D eigenvalue weighted by Gasteiger charge is -2.15. The average molecular weight is 345 g/mol. The fraction of sp³-hybridized carbons (Fsp3) is 0.412. The van der Waals surface area contributed by atoms with Crippen molar-refractivity contribution >= 4 is 34.0 Å². The highest BCUT2D eigenvalue weighted by molar-refractivity contribution is 7.98. The second kappa shape index (κ2) is 6.26. The van der Waals surface area contributed by atoms with Gasteiger partial charge in [-0.05, 0) is 30.2 Å². The summed E-state index contributed by atoms with van der Waals surface area (Å²) >= 11 is 3.18. The number of thioether (sulfide) groups is 1. The molecule has 0 aliphatic carbocycles. The van der Waals surface area contributed by atoms with Crippen LogP contribution in [0.15, 0.2) is 35.4 Å². The Bertz CT molecular complexity index is 718. The van der Waals surface area contributed by atoms with Gasteiger partial charge in [0.05, 0.1) is 11.1 Å². The number of thiazole rings is 1. The van der Waals surface area contributed by atoms with E-state index in [-0.39, 0.29) is 5.78 Å². The standard InChI is InChI=1S/C17H19N3OS2/c1-22-14-4-2-3-11(5-14)16(21)15-8-19-17(23-15)20-9-12-6-18-7-13(12)10-20/h2-5,8,12-13,18H,6-7,9-10H2,1H3. The monoisotopic (exact) mass is 345 g/mol. The van der Waals surface area contributed by atoms with Gasteiger partial charge in [0.25, 0.3) is 0 Å². The number of benzene rings is 1. The molecule has 2 fully saturated rings. The summed E-state index contributed by atoms with van der Waals surface area (Å²) in [6, 6.07) is 7.80. The minimum Gasteiger partial charge on any atom is -0.347 e. The maximum absolute atomic E-state index is 12.7. The summed E-state index contributed by atoms with van der Waals surface area (Å²) in [6.07, 6.45) is 3.76. The zero-order chi connectivity index (χ0) is 15.8. The van der Waals surface area contributed by atoms with Gasteiger partial charge in [0, 0.05) is 36.6 Å². The number of carbonyl (C=O) groups is 1. The van der Waals surface area contributed by atoms with E-state index in [4.69, 9.17) is 0 Å². The van der Waals surface area contributed by atoms with Crippen LogP contribution in [0.3, 0.4) is 0 Å². The Morgan fingerprint density at radius 1 is 1.35 bits per heavy atom. The van der Waals surface area contributed by atoms with E-state index >= 15 is 0 Å². The summed E-state index contributed by atoms with van der Waals surface area (Å²) in [5.74, 6) is 1.54. The largest absolute Gasteiger partial charge is 0.347 e. The van der Waals surface area contributed by atoms with Crippen molar-refractivity contribution in [2.24, 2.45) is 11.8 Å². The topological polar surface area (TPSA) is 45.2 Å². The van der Waals surface area contributed by atoms with Crippen LogP contribution >= 0.6 is 23.1 Å². The molecule has 0 saturated carbocycles. The van der Waals surface area contributed by atoms with E-state index in [1.54, 1.807) is 18.0 Å². The van der Waals surface area contributed by atoms with E-state index in [1.165, 1.54) is 11.3 Å². The molecule has 1 N–H and O–H groups in total. The van der Waals surface area contributed by atoms with Crippen molar-refractivity contribution in [2.45, 2.75) is 4.90 Å². The highest BCUT2D eigenvalue weighted by Gasteiger charge is 2.37. The van der Waals surface area contributed by atoms with Crippen LogP contribution in [0.25, 0.3) is 0 Å². The van der Waals surface area contributed by atoms with E-state index in [0.717, 1.165) is 58.5 Å². The zero-order valence-corrected chi connectivity index (χ0v) is 14.6. The molecule has 2 atom stereocenters. The third-order valence-corrected chi connectivity index (χ3v) is 6.49. The fourth-order valence-electron chi connectivity index (χ4n) is 3.43. The molecule has 0 radical (unpaired) electrons. The molecule has 23 heavy (non-hydrogen) atoms. The van der Waals surface area contributed by atoms with E-state index < -0.39 is 0 Å². The summed E-state index contributed by atoms with van der Waals surface area (Å²) in [4.78, 5) is 21.4. The fourth-order valence-corrected chi connectivity index (χ4v) is 4.79. The third-order valence-electron chi connectivity index (χ3n) is 4.71. The molecule has 2 aromatic rings. The molecule has 4 nitrogen and oxygen atoms in total. The Morgan fingerprint density at radius 3 is 2.87 bits per heavy atom. The molecule has 0 spiro atoms. The third kappa shape index (κ3) is 2.91. The lowest BCUT2D eigenvalue weighted by molar-refractivity contribution is 0.104. The van der Waals surface area contributed by atoms with Gasteiger partial charge in [-0.1, -0.05) is 23.5 Å². The maximum atomic E-state index is 12.7. The van der Waals surface area contributed by atoms with Crippen LogP contribution in [-0.4, -0.2) is 43.2 Å². The highest BCUT2D eigenvalue weighted by Crippen LogP contribution is 2.33. The van der Waals surface area contributed by atoms with Gasteiger partial charge in [0.1, 0.15) is 0 Å². The Kier molecular flexibility index (Phi) is 4.13. The van der Waals surface area contributed by atoms with Crippen molar-refractivity contribution in [3.8, 4) is 0 Å². The number of fused-ring (bicyclic) bond motifs is 1. The normalized spacial score (nSPS) is 23.3. The van der Waals surface area contributed by atoms with Crippen molar-refractivity contribution < 1.29 is 4.79 Å². The van der Waals surface area contributed by atoms with E-state index in [2.05, 4.69) is 15.2 Å². The van der Waals surface area contributed by atoms with E-state index in [0.29, 0.717) is 0 Å². The molecule has 2 aliphatic heterocycles. The Labute approximate surface area is 144 Å². The van der Waals surface area contributed by atoms with Gasteiger partial charge < -0.3 is 10.2 Å². The molecule has 4 rings (SSSR count). The number of anilines is 1. The van der Waals surface area contributed by atoms with Crippen molar-refractivity contribution in [3.63, 3.8) is 0 Å². The van der Waals surface area contributed by atoms with Crippen molar-refractivity contribution in [3.05, 3.63) is 40.9 Å². The molecular weight excluding hydrogens is 326 g/mol. The highest BCUT2D eigenvalue weighted by atomic mass is 32.2. The van der Waals surface area contributed by atoms with E-state index in [9.17, 15) is 4.79 Å². The number of nitrogens with zero attached hydrogens (tertiary/aromatic N) is 2. The quantitative estimate of drug-likeness (QED) is 0.682. The number of carbonyl (C=O) groups excluding carboxylic acids is 1. The zero-order valence-electron chi connectivity index (χ0n) is 13.0. The smallest absolute Gasteiger partial charge is 0.204 e. The van der Waals surface area contributed by atoms with Gasteiger partial charge in [-0.3, -0.25) is 4.79 Å². The average Bonchev–Trinajstić information content (AvgIpc) is 3.28. The van der Waals surface area contributed by atoms with Crippen LogP contribution in [0.2, 0.25) is 0 Å². The van der Waals surface area contributed by atoms with Gasteiger partial charge >= 0.3 is 0 Å². The lowest BCUT2D eigenvalue weighted by atomic mass is 10.0. The second-order valence-electron chi connectivity index (χ2n) is 6.15. The number of nitrogens with one attached hydrogen (secondary N) is 1. The molecule has 1 aromatic heterocycles. The Balaban J connectivity index is 1.52. The molecule has 0 bridgehead atoms. The molecule has 3 heterocycles. The first kappa shape index (κ1) is 15.2. The molecule has 1 aromatic carbocycles. The summed E-state index contributed by atoms with van der Waals surface area (Å²) in [5, 5.41) is 4.44. The molecule has 6 heteroatoms. The lowest BCUT2D eigenvalue weighted by Crippen LogP contribution is -2.25. The first-order valence-corrected chi connectivity index (χ1v) is 9.89. The number of hydrogen-bond donors (Lipinski definition) is 1. The van der Waals surface area contributed by atoms with Crippen LogP contribution < -0.4 is 10.2 Å². The summed E-state index contributed by atoms with van der Waals surface area (Å²) in [6.45, 7) is 4.33. The number of rotatable bonds is 4. The first-order chi connectivity index (χ1) is 11.2. The van der Waals surface area contributed by atoms with Gasteiger partial charge in [-0.15, -0.1) is 11.8 Å². The first-order valence-electron chi connectivity index (χ1n) is 7.85. The van der Waals surface area contributed by atoms with Gasteiger partial charge in [-0.25, -0.2) is 4.98 Å². The molecule has 0 amide bonds. The Morgan fingerprint density at radius 2 is 2.13 bits per heavy atom. The van der Waals surface area contributed by atoms with Crippen LogP contribution in [-0.2, 0) is 0 Å². The molecule has 2 unspecified atom stereocenters. The van der Waals surface area contributed by atoms with Crippen molar-refractivity contribution in [2.75, 3.05) is 37.3 Å². The summed E-state index contributed by atoms with van der Waals surface area (Å²) in [7, 11) is 0. The van der Waals surface area contributed by atoms with Gasteiger partial charge in [0.15, 0.2) is 5.13 Å². The summed E-state index contributed by atoms with van der Waals surface area (Å²) in [5.41, 5.74) is 0.745. The van der Waals surface area contributed by atoms with E-state index in [1.807, 2.05) is 30.5 Å². The minimum absolute atomic E-state index is 0.0747. The van der Waals surface area contributed by atoms with Crippen LogP contribution in [0.5, 0.6) is 0 Å². The van der Waals surface area contributed by atoms with Crippen LogP contribution in [0.4, 0.5) is 5.13 Å². The Hall–Kier alpha value is -1.37. The molecule has 2 aliphatic rings. The SMILES string of the molecule is CSc1cccc(C(=O)c2cnc(N3CC4CNCC4C3)s2)c1. The molecule has 120 valence electrons. The van der Waals surface area contributed by atoms with Crippen molar-refractivity contribution in [1.82, 2.24) is 10.3 Å². The number of hydrogen-bond acceptors (Lipinski definition) is 6.